The quantitative estimate of drug-likeness (QED) is 0.708. The van der Waals surface area contributed by atoms with Gasteiger partial charge in [-0.3, -0.25) is 4.79 Å². The van der Waals surface area contributed by atoms with Crippen molar-refractivity contribution in [2.45, 2.75) is 11.9 Å². The summed E-state index contributed by atoms with van der Waals surface area (Å²) in [6.45, 7) is 0.626. The van der Waals surface area contributed by atoms with Crippen LogP contribution in [-0.4, -0.2) is 34.6 Å². The van der Waals surface area contributed by atoms with Gasteiger partial charge < -0.3 is 14.6 Å². The van der Waals surface area contributed by atoms with E-state index in [1.54, 1.807) is 35.2 Å². The number of rotatable bonds is 4. The highest BCUT2D eigenvalue weighted by atomic mass is 32.2. The number of hydrogen-bond acceptors (Lipinski definition) is 5. The number of carbonyl (C=O) groups excluding carboxylic acids is 2. The maximum Gasteiger partial charge on any atom is 0.337 e. The van der Waals surface area contributed by atoms with E-state index in [4.69, 9.17) is 4.74 Å². The van der Waals surface area contributed by atoms with E-state index in [0.717, 1.165) is 16.5 Å². The molecule has 3 aromatic rings. The third-order valence-corrected chi connectivity index (χ3v) is 6.37. The highest BCUT2D eigenvalue weighted by Gasteiger charge is 2.34. The van der Waals surface area contributed by atoms with Crippen molar-refractivity contribution >= 4 is 45.9 Å². The van der Waals surface area contributed by atoms with Crippen LogP contribution in [0.25, 0.3) is 10.9 Å². The molecule has 0 radical (unpaired) electrons. The number of fused-ring (bicyclic) bond motifs is 1. The number of thioether (sulfide) groups is 1. The highest BCUT2D eigenvalue weighted by Crippen LogP contribution is 2.42. The number of benzene rings is 1. The van der Waals surface area contributed by atoms with Crippen LogP contribution in [-0.2, 0) is 16.1 Å². The van der Waals surface area contributed by atoms with E-state index in [-0.39, 0.29) is 17.3 Å². The second-order valence-corrected chi connectivity index (χ2v) is 7.86. The Kier molecular flexibility index (Phi) is 4.27. The maximum absolute atomic E-state index is 12.4. The number of methoxy groups -OCH3 is 1. The van der Waals surface area contributed by atoms with Crippen molar-refractivity contribution < 1.29 is 14.3 Å². The van der Waals surface area contributed by atoms with E-state index in [1.165, 1.54) is 12.0 Å². The summed E-state index contributed by atoms with van der Waals surface area (Å²) in [4.78, 5) is 30.4. The molecule has 1 amide bonds. The molecule has 5 nitrogen and oxygen atoms in total. The minimum absolute atomic E-state index is 0.0210. The lowest BCUT2D eigenvalue weighted by Gasteiger charge is -2.23. The molecule has 1 atom stereocenters. The minimum atomic E-state index is -0.359. The Morgan fingerprint density at radius 2 is 2.28 bits per heavy atom. The fourth-order valence-electron chi connectivity index (χ4n) is 3.05. The van der Waals surface area contributed by atoms with Crippen molar-refractivity contribution in [2.75, 3.05) is 12.9 Å². The van der Waals surface area contributed by atoms with Crippen molar-refractivity contribution in [1.82, 2.24) is 9.88 Å². The molecule has 1 N–H and O–H groups in total. The zero-order chi connectivity index (χ0) is 17.4. The Morgan fingerprint density at radius 3 is 3.04 bits per heavy atom. The van der Waals surface area contributed by atoms with Gasteiger partial charge in [0.05, 0.1) is 25.0 Å². The summed E-state index contributed by atoms with van der Waals surface area (Å²) in [6.07, 6.45) is 1.93. The molecule has 1 aliphatic heterocycles. The summed E-state index contributed by atoms with van der Waals surface area (Å²) in [7, 11) is 1.37. The molecule has 0 aliphatic carbocycles. The molecular formula is C18H16N2O3S2. The normalized spacial score (nSPS) is 17.4. The Bertz CT molecular complexity index is 933. The number of nitrogens with zero attached hydrogens (tertiary/aromatic N) is 1. The molecule has 2 aromatic heterocycles. The lowest BCUT2D eigenvalue weighted by atomic mass is 10.1. The van der Waals surface area contributed by atoms with E-state index in [1.807, 2.05) is 28.6 Å². The van der Waals surface area contributed by atoms with Gasteiger partial charge in [0.15, 0.2) is 0 Å². The number of amides is 1. The van der Waals surface area contributed by atoms with Crippen LogP contribution in [0.3, 0.4) is 0 Å². The molecule has 1 fully saturated rings. The number of H-pyrrole nitrogens is 1. The van der Waals surface area contributed by atoms with Gasteiger partial charge in [0.25, 0.3) is 0 Å². The first-order valence-electron chi connectivity index (χ1n) is 7.80. The van der Waals surface area contributed by atoms with Crippen molar-refractivity contribution in [3.8, 4) is 0 Å². The number of aromatic amines is 1. The second-order valence-electron chi connectivity index (χ2n) is 5.76. The predicted octanol–water partition coefficient (Wildman–Crippen LogP) is 3.79. The summed E-state index contributed by atoms with van der Waals surface area (Å²) in [5, 5.41) is 3.03. The van der Waals surface area contributed by atoms with Gasteiger partial charge in [0, 0.05) is 27.5 Å². The van der Waals surface area contributed by atoms with E-state index in [0.29, 0.717) is 17.9 Å². The predicted molar refractivity (Wildman–Crippen MR) is 99.7 cm³/mol. The fourth-order valence-corrected chi connectivity index (χ4v) is 4.97. The van der Waals surface area contributed by atoms with Gasteiger partial charge in [0.2, 0.25) is 5.91 Å². The molecule has 0 saturated carbocycles. The Morgan fingerprint density at radius 1 is 1.40 bits per heavy atom. The summed E-state index contributed by atoms with van der Waals surface area (Å²) >= 11 is 3.30. The number of nitrogens with one attached hydrogen (secondary N) is 1. The molecule has 128 valence electrons. The highest BCUT2D eigenvalue weighted by molar-refractivity contribution is 8.00. The number of thiophene rings is 1. The van der Waals surface area contributed by atoms with Crippen LogP contribution in [0, 0.1) is 0 Å². The lowest BCUT2D eigenvalue weighted by Crippen LogP contribution is -2.27. The van der Waals surface area contributed by atoms with E-state index >= 15 is 0 Å². The van der Waals surface area contributed by atoms with Gasteiger partial charge in [-0.2, -0.15) is 0 Å². The van der Waals surface area contributed by atoms with Crippen LogP contribution >= 0.6 is 23.1 Å². The van der Waals surface area contributed by atoms with Gasteiger partial charge in [-0.1, -0.05) is 12.1 Å². The molecule has 1 unspecified atom stereocenters. The number of esters is 1. The number of ether oxygens (including phenoxy) is 1. The summed E-state index contributed by atoms with van der Waals surface area (Å²) in [5.41, 5.74) is 2.45. The Labute approximate surface area is 153 Å². The molecule has 1 aliphatic rings. The molecular weight excluding hydrogens is 356 g/mol. The molecule has 7 heteroatoms. The first-order valence-corrected chi connectivity index (χ1v) is 9.73. The number of hydrogen-bond donors (Lipinski definition) is 1. The van der Waals surface area contributed by atoms with Gasteiger partial charge in [0.1, 0.15) is 5.37 Å². The zero-order valence-electron chi connectivity index (χ0n) is 13.5. The van der Waals surface area contributed by atoms with Crippen molar-refractivity contribution in [2.24, 2.45) is 0 Å². The van der Waals surface area contributed by atoms with E-state index in [9.17, 15) is 9.59 Å². The average molecular weight is 372 g/mol. The number of carbonyl (C=O) groups is 2. The first-order chi connectivity index (χ1) is 12.2. The molecule has 4 rings (SSSR count). The zero-order valence-corrected chi connectivity index (χ0v) is 15.2. The third-order valence-electron chi connectivity index (χ3n) is 4.28. The Hall–Kier alpha value is -2.25. The van der Waals surface area contributed by atoms with Crippen molar-refractivity contribution in [3.63, 3.8) is 0 Å². The van der Waals surface area contributed by atoms with Gasteiger partial charge in [-0.25, -0.2) is 4.79 Å². The SMILES string of the molecule is COC(=O)c1ccc2c(C3SCC(=O)N3Cc3cccs3)c[nH]c2c1. The second kappa shape index (κ2) is 6.57. The lowest BCUT2D eigenvalue weighted by molar-refractivity contribution is -0.128. The van der Waals surface area contributed by atoms with Crippen molar-refractivity contribution in [3.05, 3.63) is 57.9 Å². The monoisotopic (exact) mass is 372 g/mol. The third kappa shape index (κ3) is 2.94. The molecule has 1 saturated heterocycles. The van der Waals surface area contributed by atoms with Crippen LogP contribution < -0.4 is 0 Å². The minimum Gasteiger partial charge on any atom is -0.465 e. The Balaban J connectivity index is 1.68. The van der Waals surface area contributed by atoms with Gasteiger partial charge >= 0.3 is 5.97 Å². The van der Waals surface area contributed by atoms with Crippen LogP contribution in [0.4, 0.5) is 0 Å². The van der Waals surface area contributed by atoms with Crippen LogP contribution in [0.15, 0.2) is 41.9 Å². The van der Waals surface area contributed by atoms with Crippen LogP contribution in [0.2, 0.25) is 0 Å². The van der Waals surface area contributed by atoms with E-state index < -0.39 is 0 Å². The topological polar surface area (TPSA) is 62.4 Å². The summed E-state index contributed by atoms with van der Waals surface area (Å²) in [6, 6.07) is 9.52. The summed E-state index contributed by atoms with van der Waals surface area (Å²) < 4.78 is 4.77. The smallest absolute Gasteiger partial charge is 0.337 e. The molecule has 1 aromatic carbocycles. The van der Waals surface area contributed by atoms with Gasteiger partial charge in [-0.15, -0.1) is 23.1 Å². The molecule has 0 bridgehead atoms. The molecule has 3 heterocycles. The first kappa shape index (κ1) is 16.2. The standard InChI is InChI=1S/C18H16N2O3S2/c1-23-18(22)11-4-5-13-14(8-19-15(13)7-11)17-20(16(21)10-25-17)9-12-3-2-6-24-12/h2-8,17,19H,9-10H2,1H3. The average Bonchev–Trinajstić information content (AvgIpc) is 3.35. The maximum atomic E-state index is 12.4. The molecule has 0 spiro atoms. The fraction of sp³-hybridized carbons (Fsp3) is 0.222. The molecule has 25 heavy (non-hydrogen) atoms. The van der Waals surface area contributed by atoms with E-state index in [2.05, 4.69) is 11.1 Å². The van der Waals surface area contributed by atoms with Crippen molar-refractivity contribution in [1.29, 1.82) is 0 Å². The number of aromatic nitrogens is 1. The van der Waals surface area contributed by atoms with Gasteiger partial charge in [-0.05, 0) is 23.6 Å². The largest absolute Gasteiger partial charge is 0.465 e. The summed E-state index contributed by atoms with van der Waals surface area (Å²) in [5.74, 6) is 0.287. The van der Waals surface area contributed by atoms with Crippen LogP contribution in [0.1, 0.15) is 26.2 Å². The van der Waals surface area contributed by atoms with Crippen LogP contribution in [0.5, 0.6) is 0 Å².